The maximum absolute atomic E-state index is 12.1. The minimum Gasteiger partial charge on any atom is -0.354 e. The van der Waals surface area contributed by atoms with Gasteiger partial charge in [-0.2, -0.15) is 9.61 Å². The topological polar surface area (TPSA) is 65.8 Å². The summed E-state index contributed by atoms with van der Waals surface area (Å²) in [6, 6.07) is 1.95. The fourth-order valence-corrected chi connectivity index (χ4v) is 3.51. The van der Waals surface area contributed by atoms with E-state index in [-0.39, 0.29) is 11.8 Å². The van der Waals surface area contributed by atoms with Crippen molar-refractivity contribution in [2.24, 2.45) is 5.92 Å². The molecule has 7 heteroatoms. The average molecular weight is 314 g/mol. The molecule has 0 spiro atoms. The van der Waals surface area contributed by atoms with Gasteiger partial charge < -0.3 is 15.1 Å². The number of hydrogen-bond acceptors (Lipinski definition) is 5. The van der Waals surface area contributed by atoms with Crippen LogP contribution in [0.3, 0.4) is 0 Å². The number of fused-ring (bicyclic) bond motifs is 2. The van der Waals surface area contributed by atoms with Crippen LogP contribution in [0.1, 0.15) is 11.3 Å². The van der Waals surface area contributed by atoms with Gasteiger partial charge in [-0.1, -0.05) is 0 Å². The van der Waals surface area contributed by atoms with Crippen molar-refractivity contribution in [3.8, 4) is 0 Å². The molecule has 0 radical (unpaired) electrons. The molecular weight excluding hydrogens is 292 g/mol. The smallest absolute Gasteiger partial charge is 0.228 e. The normalized spacial score (nSPS) is 18.4. The lowest BCUT2D eigenvalue weighted by molar-refractivity contribution is -0.133. The third-order valence-corrected chi connectivity index (χ3v) is 4.75. The maximum atomic E-state index is 12.1. The number of carbonyl (C=O) groups excluding carboxylic acids is 1. The molecule has 0 bridgehead atoms. The first-order chi connectivity index (χ1) is 11.1. The van der Waals surface area contributed by atoms with Crippen molar-refractivity contribution in [2.75, 3.05) is 45.2 Å². The van der Waals surface area contributed by atoms with E-state index in [4.69, 9.17) is 4.98 Å². The van der Waals surface area contributed by atoms with Gasteiger partial charge in [0.25, 0.3) is 0 Å². The van der Waals surface area contributed by atoms with Crippen molar-refractivity contribution in [3.05, 3.63) is 23.5 Å². The number of anilines is 1. The fourth-order valence-electron chi connectivity index (χ4n) is 3.51. The molecule has 122 valence electrons. The van der Waals surface area contributed by atoms with Crippen LogP contribution < -0.4 is 10.2 Å². The van der Waals surface area contributed by atoms with Gasteiger partial charge in [-0.25, -0.2) is 4.98 Å². The summed E-state index contributed by atoms with van der Waals surface area (Å²) in [6.07, 6.45) is 3.69. The summed E-state index contributed by atoms with van der Waals surface area (Å²) in [4.78, 5) is 20.9. The van der Waals surface area contributed by atoms with Crippen LogP contribution in [0, 0.1) is 5.92 Å². The first kappa shape index (κ1) is 14.4. The monoisotopic (exact) mass is 314 g/mol. The number of hydrogen-bond donors (Lipinski definition) is 1. The third-order valence-electron chi connectivity index (χ3n) is 4.75. The molecule has 2 aliphatic rings. The lowest BCUT2D eigenvalue weighted by Crippen LogP contribution is -2.54. The van der Waals surface area contributed by atoms with Gasteiger partial charge in [0.2, 0.25) is 5.91 Å². The Bertz CT molecular complexity index is 746. The number of amides is 1. The maximum Gasteiger partial charge on any atom is 0.228 e. The molecule has 0 unspecified atom stereocenters. The van der Waals surface area contributed by atoms with Crippen molar-refractivity contribution in [1.29, 1.82) is 0 Å². The number of nitrogens with zero attached hydrogens (tertiary/aromatic N) is 5. The molecule has 4 heterocycles. The summed E-state index contributed by atoms with van der Waals surface area (Å²) < 4.78 is 1.93. The van der Waals surface area contributed by atoms with Crippen LogP contribution in [-0.4, -0.2) is 65.7 Å². The number of aromatic nitrogens is 3. The Morgan fingerprint density at radius 1 is 1.30 bits per heavy atom. The van der Waals surface area contributed by atoms with Crippen molar-refractivity contribution < 1.29 is 4.79 Å². The van der Waals surface area contributed by atoms with Crippen LogP contribution >= 0.6 is 0 Å². The van der Waals surface area contributed by atoms with Crippen LogP contribution in [0.2, 0.25) is 0 Å². The molecule has 0 aromatic carbocycles. The fraction of sp³-hybridized carbons (Fsp3) is 0.562. The van der Waals surface area contributed by atoms with Gasteiger partial charge >= 0.3 is 0 Å². The van der Waals surface area contributed by atoms with E-state index in [1.54, 1.807) is 11.1 Å². The summed E-state index contributed by atoms with van der Waals surface area (Å²) in [5, 5.41) is 7.90. The van der Waals surface area contributed by atoms with Gasteiger partial charge in [0.05, 0.1) is 17.8 Å². The van der Waals surface area contributed by atoms with Crippen LogP contribution in [0.5, 0.6) is 0 Å². The van der Waals surface area contributed by atoms with E-state index < -0.39 is 0 Å². The van der Waals surface area contributed by atoms with Crippen LogP contribution in [0.15, 0.2) is 12.3 Å². The second-order valence-corrected chi connectivity index (χ2v) is 6.55. The molecule has 2 aliphatic heterocycles. The lowest BCUT2D eigenvalue weighted by Gasteiger charge is -2.41. The van der Waals surface area contributed by atoms with Crippen LogP contribution in [0.25, 0.3) is 5.65 Å². The van der Waals surface area contributed by atoms with Crippen molar-refractivity contribution in [3.63, 3.8) is 0 Å². The molecule has 1 amide bonds. The van der Waals surface area contributed by atoms with E-state index in [1.807, 2.05) is 24.7 Å². The molecule has 1 fully saturated rings. The van der Waals surface area contributed by atoms with E-state index in [9.17, 15) is 4.79 Å². The summed E-state index contributed by atoms with van der Waals surface area (Å²) in [5.74, 6) is 1.42. The Kier molecular flexibility index (Phi) is 3.45. The summed E-state index contributed by atoms with van der Waals surface area (Å²) in [6.45, 7) is 3.44. The molecule has 0 saturated carbocycles. The van der Waals surface area contributed by atoms with Crippen molar-refractivity contribution >= 4 is 17.4 Å². The highest BCUT2D eigenvalue weighted by Crippen LogP contribution is 2.31. The van der Waals surface area contributed by atoms with E-state index in [0.717, 1.165) is 50.5 Å². The molecular formula is C16H22N6O. The van der Waals surface area contributed by atoms with Gasteiger partial charge in [0.15, 0.2) is 5.65 Å². The standard InChI is InChI=1S/C16H22N6O/c1-20(2)16(23)11-9-21(10-11)15-12-3-6-17-7-4-13(12)19-14-5-8-18-22(14)15/h5,8,11,17H,3-4,6-7,9-10H2,1-2H3. The van der Waals surface area contributed by atoms with Gasteiger partial charge in [-0.05, 0) is 13.0 Å². The zero-order chi connectivity index (χ0) is 16.0. The zero-order valence-corrected chi connectivity index (χ0v) is 13.6. The first-order valence-corrected chi connectivity index (χ1v) is 8.17. The Morgan fingerprint density at radius 2 is 2.09 bits per heavy atom. The molecule has 2 aromatic rings. The first-order valence-electron chi connectivity index (χ1n) is 8.17. The molecule has 1 N–H and O–H groups in total. The molecule has 4 rings (SSSR count). The van der Waals surface area contributed by atoms with Gasteiger partial charge in [-0.15, -0.1) is 0 Å². The van der Waals surface area contributed by atoms with E-state index in [0.29, 0.717) is 0 Å². The molecule has 2 aromatic heterocycles. The lowest BCUT2D eigenvalue weighted by atomic mass is 9.97. The van der Waals surface area contributed by atoms with Crippen LogP contribution in [-0.2, 0) is 17.6 Å². The SMILES string of the molecule is CN(C)C(=O)C1CN(c2c3c(nc4ccnn24)CCNCC3)C1. The Labute approximate surface area is 135 Å². The van der Waals surface area contributed by atoms with Gasteiger partial charge in [0.1, 0.15) is 5.82 Å². The molecule has 0 atom stereocenters. The second kappa shape index (κ2) is 5.49. The number of rotatable bonds is 2. The summed E-state index contributed by atoms with van der Waals surface area (Å²) >= 11 is 0. The highest BCUT2D eigenvalue weighted by molar-refractivity contribution is 5.81. The molecule has 1 saturated heterocycles. The largest absolute Gasteiger partial charge is 0.354 e. The highest BCUT2D eigenvalue weighted by atomic mass is 16.2. The van der Waals surface area contributed by atoms with E-state index in [2.05, 4.69) is 15.3 Å². The van der Waals surface area contributed by atoms with E-state index >= 15 is 0 Å². The highest BCUT2D eigenvalue weighted by Gasteiger charge is 2.36. The Hall–Kier alpha value is -2.15. The predicted octanol–water partition coefficient (Wildman–Crippen LogP) is -0.0581. The minimum atomic E-state index is 0.0864. The zero-order valence-electron chi connectivity index (χ0n) is 13.6. The molecule has 0 aliphatic carbocycles. The van der Waals surface area contributed by atoms with Crippen molar-refractivity contribution in [1.82, 2.24) is 24.8 Å². The minimum absolute atomic E-state index is 0.0864. The Morgan fingerprint density at radius 3 is 2.87 bits per heavy atom. The quantitative estimate of drug-likeness (QED) is 0.841. The number of nitrogens with one attached hydrogen (secondary N) is 1. The average Bonchev–Trinajstić information content (AvgIpc) is 2.81. The summed E-state index contributed by atoms with van der Waals surface area (Å²) in [7, 11) is 3.64. The predicted molar refractivity (Wildman–Crippen MR) is 87.7 cm³/mol. The van der Waals surface area contributed by atoms with E-state index in [1.165, 1.54) is 11.3 Å². The second-order valence-electron chi connectivity index (χ2n) is 6.55. The number of carbonyl (C=O) groups is 1. The van der Waals surface area contributed by atoms with Crippen LogP contribution in [0.4, 0.5) is 5.82 Å². The summed E-state index contributed by atoms with van der Waals surface area (Å²) in [5.41, 5.74) is 3.34. The third kappa shape index (κ3) is 2.35. The van der Waals surface area contributed by atoms with Gasteiger partial charge in [-0.3, -0.25) is 4.79 Å². The molecule has 23 heavy (non-hydrogen) atoms. The van der Waals surface area contributed by atoms with Crippen molar-refractivity contribution in [2.45, 2.75) is 12.8 Å². The van der Waals surface area contributed by atoms with Gasteiger partial charge in [0, 0.05) is 51.8 Å². The molecule has 7 nitrogen and oxygen atoms in total. The Balaban J connectivity index is 1.71.